The second-order valence-corrected chi connectivity index (χ2v) is 9.53. The van der Waals surface area contributed by atoms with Crippen molar-refractivity contribution in [2.45, 2.75) is 30.6 Å². The molecule has 6 rings (SSSR count). The van der Waals surface area contributed by atoms with Crippen LogP contribution in [0, 0.1) is 5.82 Å². The molecule has 3 aromatic carbocycles. The van der Waals surface area contributed by atoms with E-state index in [2.05, 4.69) is 12.1 Å². The molecule has 2 aliphatic heterocycles. The van der Waals surface area contributed by atoms with Crippen LogP contribution in [-0.4, -0.2) is 42.9 Å². The summed E-state index contributed by atoms with van der Waals surface area (Å²) in [7, 11) is 0. The summed E-state index contributed by atoms with van der Waals surface area (Å²) in [6.45, 7) is 0.428. The molecule has 3 aromatic rings. The largest absolute Gasteiger partial charge is 0.448 e. The van der Waals surface area contributed by atoms with Gasteiger partial charge in [0.2, 0.25) is 0 Å². The highest BCUT2D eigenvalue weighted by molar-refractivity contribution is 5.79. The zero-order valence-electron chi connectivity index (χ0n) is 19.7. The number of rotatable bonds is 3. The lowest BCUT2D eigenvalue weighted by Crippen LogP contribution is -2.56. The van der Waals surface area contributed by atoms with E-state index in [1.54, 1.807) is 11.0 Å². The third-order valence-electron chi connectivity index (χ3n) is 7.39. The Hall–Kier alpha value is -3.65. The summed E-state index contributed by atoms with van der Waals surface area (Å²) in [5.41, 5.74) is 3.29. The first kappa shape index (κ1) is 23.7. The fourth-order valence-electron chi connectivity index (χ4n) is 5.83. The van der Waals surface area contributed by atoms with Crippen molar-refractivity contribution < 1.29 is 31.8 Å². The molecule has 0 saturated carbocycles. The normalized spacial score (nSPS) is 20.8. The number of halogens is 4. The predicted octanol–water partition coefficient (Wildman–Crippen LogP) is 6.65. The first-order valence-electron chi connectivity index (χ1n) is 12.1. The van der Waals surface area contributed by atoms with Gasteiger partial charge in [-0.05, 0) is 45.9 Å². The average molecular weight is 509 g/mol. The van der Waals surface area contributed by atoms with Gasteiger partial charge in [0.1, 0.15) is 12.4 Å². The molecule has 37 heavy (non-hydrogen) atoms. The summed E-state index contributed by atoms with van der Waals surface area (Å²) in [6, 6.07) is 18.3. The summed E-state index contributed by atoms with van der Waals surface area (Å²) in [5.74, 6) is -1.42. The summed E-state index contributed by atoms with van der Waals surface area (Å²) < 4.78 is 66.5. The van der Waals surface area contributed by atoms with E-state index in [1.807, 2.05) is 36.4 Å². The van der Waals surface area contributed by atoms with E-state index in [1.165, 1.54) is 12.1 Å². The van der Waals surface area contributed by atoms with Gasteiger partial charge in [0.25, 0.3) is 0 Å². The topological polar surface area (TPSA) is 38.8 Å². The molecule has 1 saturated heterocycles. The maximum Gasteiger partial charge on any atom is 0.419 e. The highest BCUT2D eigenvalue weighted by Crippen LogP contribution is 2.45. The first-order valence-corrected chi connectivity index (χ1v) is 12.1. The molecule has 1 amide bonds. The number of nitrogens with zero attached hydrogens (tertiary/aromatic N) is 1. The van der Waals surface area contributed by atoms with Crippen molar-refractivity contribution in [2.24, 2.45) is 0 Å². The Morgan fingerprint density at radius 3 is 2.22 bits per heavy atom. The van der Waals surface area contributed by atoms with Crippen LogP contribution >= 0.6 is 0 Å². The van der Waals surface area contributed by atoms with Gasteiger partial charge in [-0.2, -0.15) is 13.2 Å². The number of alkyl halides is 3. The fourth-order valence-corrected chi connectivity index (χ4v) is 5.83. The number of carbonyl (C=O) groups excluding carboxylic acids is 1. The van der Waals surface area contributed by atoms with E-state index in [0.717, 1.165) is 28.3 Å². The quantitative estimate of drug-likeness (QED) is 0.371. The van der Waals surface area contributed by atoms with Crippen LogP contribution in [0.5, 0.6) is 0 Å². The molecule has 0 N–H and O–H groups in total. The Bertz CT molecular complexity index is 1350. The van der Waals surface area contributed by atoms with E-state index >= 15 is 0 Å². The molecule has 4 nitrogen and oxygen atoms in total. The second kappa shape index (κ2) is 9.03. The van der Waals surface area contributed by atoms with E-state index in [9.17, 15) is 22.4 Å². The van der Waals surface area contributed by atoms with E-state index < -0.39 is 35.7 Å². The van der Waals surface area contributed by atoms with Crippen molar-refractivity contribution in [1.29, 1.82) is 0 Å². The summed E-state index contributed by atoms with van der Waals surface area (Å²) in [6.07, 6.45) is -3.70. The molecule has 2 unspecified atom stereocenters. The lowest BCUT2D eigenvalue weighted by Gasteiger charge is -2.44. The van der Waals surface area contributed by atoms with Crippen molar-refractivity contribution in [3.63, 3.8) is 0 Å². The first-order chi connectivity index (χ1) is 17.8. The maximum absolute atomic E-state index is 14.2. The molecule has 0 spiro atoms. The molecule has 2 heterocycles. The number of amides is 1. The lowest BCUT2D eigenvalue weighted by molar-refractivity contribution is -0.140. The van der Waals surface area contributed by atoms with Crippen LogP contribution in [0.1, 0.15) is 34.6 Å². The summed E-state index contributed by atoms with van der Waals surface area (Å²) in [5, 5.41) is 0. The highest BCUT2D eigenvalue weighted by atomic mass is 19.4. The minimum absolute atomic E-state index is 0.104. The average Bonchev–Trinajstić information content (AvgIpc) is 3.19. The van der Waals surface area contributed by atoms with Gasteiger partial charge in [-0.25, -0.2) is 9.18 Å². The van der Waals surface area contributed by atoms with Crippen LogP contribution < -0.4 is 0 Å². The molecular formula is C29H23F4NO3. The van der Waals surface area contributed by atoms with Gasteiger partial charge < -0.3 is 9.47 Å². The van der Waals surface area contributed by atoms with Gasteiger partial charge in [0, 0.05) is 5.92 Å². The van der Waals surface area contributed by atoms with Crippen LogP contribution in [0.25, 0.3) is 16.7 Å². The van der Waals surface area contributed by atoms with Crippen molar-refractivity contribution in [1.82, 2.24) is 4.90 Å². The summed E-state index contributed by atoms with van der Waals surface area (Å²) in [4.78, 5) is 14.8. The SMILES string of the molecule is O=C(OCC1c2ccccc2-c2ccccc21)N1C2C=C(c3cccc(F)c3C(F)(F)F)CC1COC2. The molecule has 2 bridgehead atoms. The smallest absolute Gasteiger partial charge is 0.419 e. The van der Waals surface area contributed by atoms with Crippen molar-refractivity contribution in [2.75, 3.05) is 19.8 Å². The third-order valence-corrected chi connectivity index (χ3v) is 7.39. The Kier molecular flexibility index (Phi) is 5.79. The second-order valence-electron chi connectivity index (χ2n) is 9.53. The van der Waals surface area contributed by atoms with E-state index in [0.29, 0.717) is 5.57 Å². The van der Waals surface area contributed by atoms with E-state index in [4.69, 9.17) is 9.47 Å². The standard InChI is InChI=1S/C29H23F4NO3/c30-26-11-5-10-20(27(26)29(31,32)33)17-12-18-14-36-15-19(13-17)34(18)28(35)37-16-25-23-8-3-1-6-21(23)22-7-2-4-9-24(22)25/h1-12,18-19,25H,13-16H2. The van der Waals surface area contributed by atoms with Crippen molar-refractivity contribution in [3.05, 3.63) is 101 Å². The number of benzene rings is 3. The number of hydrogen-bond acceptors (Lipinski definition) is 3. The van der Waals surface area contributed by atoms with Crippen LogP contribution in [0.3, 0.4) is 0 Å². The van der Waals surface area contributed by atoms with E-state index in [-0.39, 0.29) is 37.7 Å². The number of carbonyl (C=O) groups is 1. The molecule has 1 fully saturated rings. The van der Waals surface area contributed by atoms with Gasteiger partial charge in [-0.15, -0.1) is 0 Å². The molecule has 1 aliphatic carbocycles. The van der Waals surface area contributed by atoms with Gasteiger partial charge in [-0.1, -0.05) is 66.7 Å². The fraction of sp³-hybridized carbons (Fsp3) is 0.276. The number of ether oxygens (including phenoxy) is 2. The van der Waals surface area contributed by atoms with Crippen LogP contribution in [0.2, 0.25) is 0 Å². The molecular weight excluding hydrogens is 486 g/mol. The Labute approximate surface area is 211 Å². The lowest BCUT2D eigenvalue weighted by atomic mass is 9.87. The minimum atomic E-state index is -4.84. The van der Waals surface area contributed by atoms with Crippen molar-refractivity contribution in [3.8, 4) is 11.1 Å². The molecule has 190 valence electrons. The molecule has 0 aromatic heterocycles. The molecule has 0 radical (unpaired) electrons. The number of morpholine rings is 1. The number of fused-ring (bicyclic) bond motifs is 5. The molecule has 3 aliphatic rings. The van der Waals surface area contributed by atoms with Gasteiger partial charge in [-0.3, -0.25) is 4.90 Å². The highest BCUT2D eigenvalue weighted by Gasteiger charge is 2.43. The van der Waals surface area contributed by atoms with Gasteiger partial charge in [0.05, 0.1) is 30.9 Å². The Morgan fingerprint density at radius 2 is 1.57 bits per heavy atom. The molecule has 8 heteroatoms. The Balaban J connectivity index is 1.25. The summed E-state index contributed by atoms with van der Waals surface area (Å²) >= 11 is 0. The third kappa shape index (κ3) is 4.09. The number of hydrogen-bond donors (Lipinski definition) is 0. The van der Waals surface area contributed by atoms with Crippen LogP contribution in [0.15, 0.2) is 72.8 Å². The van der Waals surface area contributed by atoms with Gasteiger partial charge in [0.15, 0.2) is 0 Å². The van der Waals surface area contributed by atoms with Crippen LogP contribution in [-0.2, 0) is 15.7 Å². The van der Waals surface area contributed by atoms with Crippen molar-refractivity contribution >= 4 is 11.7 Å². The molecule has 2 atom stereocenters. The van der Waals surface area contributed by atoms with Gasteiger partial charge >= 0.3 is 12.3 Å². The zero-order chi connectivity index (χ0) is 25.7. The minimum Gasteiger partial charge on any atom is -0.448 e. The predicted molar refractivity (Wildman–Crippen MR) is 129 cm³/mol. The monoisotopic (exact) mass is 509 g/mol. The zero-order valence-corrected chi connectivity index (χ0v) is 19.7. The maximum atomic E-state index is 14.2. The Morgan fingerprint density at radius 1 is 0.919 bits per heavy atom. The van der Waals surface area contributed by atoms with Crippen LogP contribution in [0.4, 0.5) is 22.4 Å².